The van der Waals surface area contributed by atoms with Crippen LogP contribution in [0, 0.1) is 0 Å². The van der Waals surface area contributed by atoms with Gasteiger partial charge in [0, 0.05) is 16.7 Å². The first-order valence-corrected chi connectivity index (χ1v) is 7.92. The minimum Gasteiger partial charge on any atom is -0.486 e. The Balaban J connectivity index is 1.80. The smallest absolute Gasteiger partial charge is 0.253 e. The van der Waals surface area contributed by atoms with Gasteiger partial charge in [-0.2, -0.15) is 0 Å². The van der Waals surface area contributed by atoms with Gasteiger partial charge in [-0.25, -0.2) is 0 Å². The van der Waals surface area contributed by atoms with Crippen molar-refractivity contribution in [2.75, 3.05) is 13.2 Å². The fourth-order valence-electron chi connectivity index (χ4n) is 2.32. The zero-order chi connectivity index (χ0) is 16.4. The molecular weight excluding hydrogens is 364 g/mol. The van der Waals surface area contributed by atoms with E-state index < -0.39 is 0 Å². The number of hydrogen-bond donors (Lipinski definition) is 2. The summed E-state index contributed by atoms with van der Waals surface area (Å²) in [6, 6.07) is 6.25. The number of fused-ring (bicyclic) bond motifs is 1. The first-order valence-electron chi connectivity index (χ1n) is 7.13. The van der Waals surface area contributed by atoms with Crippen molar-refractivity contribution in [1.29, 1.82) is 0 Å². The molecule has 0 radical (unpaired) electrons. The molecule has 1 aromatic carbocycles. The molecule has 23 heavy (non-hydrogen) atoms. The lowest BCUT2D eigenvalue weighted by Crippen LogP contribution is -2.27. The molecule has 3 rings (SSSR count). The molecule has 0 fully saturated rings. The summed E-state index contributed by atoms with van der Waals surface area (Å²) in [6.45, 7) is 2.91. The van der Waals surface area contributed by atoms with Crippen LogP contribution in [0.5, 0.6) is 11.5 Å². The average molecular weight is 379 g/mol. The lowest BCUT2D eigenvalue weighted by atomic mass is 10.1. The molecule has 0 saturated carbocycles. The van der Waals surface area contributed by atoms with E-state index in [0.717, 1.165) is 10.0 Å². The van der Waals surface area contributed by atoms with Crippen LogP contribution in [0.25, 0.3) is 0 Å². The lowest BCUT2D eigenvalue weighted by molar-refractivity contribution is 0.0939. The Morgan fingerprint density at radius 1 is 1.26 bits per heavy atom. The van der Waals surface area contributed by atoms with Crippen molar-refractivity contribution in [2.24, 2.45) is 0 Å². The van der Waals surface area contributed by atoms with Crippen LogP contribution < -0.4 is 20.3 Å². The second-order valence-electron chi connectivity index (χ2n) is 5.15. The predicted molar refractivity (Wildman–Crippen MR) is 88.1 cm³/mol. The van der Waals surface area contributed by atoms with E-state index in [4.69, 9.17) is 9.47 Å². The second kappa shape index (κ2) is 6.45. The number of H-pyrrole nitrogens is 1. The number of ether oxygens (including phenoxy) is 2. The first-order chi connectivity index (χ1) is 11.0. The van der Waals surface area contributed by atoms with Crippen LogP contribution in [0.15, 0.2) is 39.7 Å². The summed E-state index contributed by atoms with van der Waals surface area (Å²) in [4.78, 5) is 25.8. The number of halogens is 1. The van der Waals surface area contributed by atoms with Gasteiger partial charge in [0.1, 0.15) is 13.2 Å². The standard InChI is InChI=1S/C16H15BrN2O4/c1-9(19-16(21)10-2-3-15(20)18-8-10)11-6-13-14(7-12(11)17)23-5-4-22-13/h2-3,6-9H,4-5H2,1H3,(H,18,20)(H,19,21)/t9-/m1/s1. The molecule has 1 atom stereocenters. The predicted octanol–water partition coefficient (Wildman–Crippen LogP) is 2.40. The van der Waals surface area contributed by atoms with Gasteiger partial charge in [0.25, 0.3) is 5.91 Å². The highest BCUT2D eigenvalue weighted by atomic mass is 79.9. The van der Waals surface area contributed by atoms with Crippen molar-refractivity contribution in [3.05, 3.63) is 56.4 Å². The Morgan fingerprint density at radius 3 is 2.61 bits per heavy atom. The molecule has 6 nitrogen and oxygen atoms in total. The second-order valence-corrected chi connectivity index (χ2v) is 6.01. The Morgan fingerprint density at radius 2 is 1.96 bits per heavy atom. The SMILES string of the molecule is C[C@@H](NC(=O)c1ccc(=O)[nH]c1)c1cc2c(cc1Br)OCCO2. The number of carbonyl (C=O) groups is 1. The van der Waals surface area contributed by atoms with Crippen LogP contribution in [0.1, 0.15) is 28.9 Å². The van der Waals surface area contributed by atoms with Crippen molar-refractivity contribution in [1.82, 2.24) is 10.3 Å². The number of pyridine rings is 1. The van der Waals surface area contributed by atoms with E-state index in [9.17, 15) is 9.59 Å². The maximum atomic E-state index is 12.2. The monoisotopic (exact) mass is 378 g/mol. The molecular formula is C16H15BrN2O4. The molecule has 120 valence electrons. The molecule has 2 N–H and O–H groups in total. The largest absolute Gasteiger partial charge is 0.486 e. The van der Waals surface area contributed by atoms with Gasteiger partial charge in [-0.15, -0.1) is 0 Å². The molecule has 1 amide bonds. The maximum Gasteiger partial charge on any atom is 0.253 e. The molecule has 0 saturated heterocycles. The van der Waals surface area contributed by atoms with Gasteiger partial charge >= 0.3 is 0 Å². The third kappa shape index (κ3) is 3.39. The van der Waals surface area contributed by atoms with Gasteiger partial charge in [-0.3, -0.25) is 9.59 Å². The highest BCUT2D eigenvalue weighted by molar-refractivity contribution is 9.10. The number of aromatic amines is 1. The molecule has 0 aliphatic carbocycles. The van der Waals surface area contributed by atoms with E-state index in [-0.39, 0.29) is 17.5 Å². The number of carbonyl (C=O) groups excluding carboxylic acids is 1. The number of aromatic nitrogens is 1. The minimum atomic E-state index is -0.268. The number of amides is 1. The van der Waals surface area contributed by atoms with Crippen molar-refractivity contribution >= 4 is 21.8 Å². The molecule has 0 spiro atoms. The lowest BCUT2D eigenvalue weighted by Gasteiger charge is -2.22. The van der Waals surface area contributed by atoms with E-state index in [2.05, 4.69) is 26.2 Å². The molecule has 0 unspecified atom stereocenters. The number of nitrogens with one attached hydrogen (secondary N) is 2. The van der Waals surface area contributed by atoms with Crippen LogP contribution in [0.2, 0.25) is 0 Å². The van der Waals surface area contributed by atoms with Crippen LogP contribution in [0.4, 0.5) is 0 Å². The Hall–Kier alpha value is -2.28. The summed E-state index contributed by atoms with van der Waals surface area (Å²) < 4.78 is 11.9. The van der Waals surface area contributed by atoms with Crippen molar-refractivity contribution in [2.45, 2.75) is 13.0 Å². The summed E-state index contributed by atoms with van der Waals surface area (Å²) in [5.74, 6) is 1.08. The Bertz CT molecular complexity index is 783. The molecule has 1 aliphatic rings. The molecule has 7 heteroatoms. The van der Waals surface area contributed by atoms with Crippen LogP contribution in [-0.4, -0.2) is 24.1 Å². The summed E-state index contributed by atoms with van der Waals surface area (Å²) >= 11 is 3.50. The van der Waals surface area contributed by atoms with Crippen molar-refractivity contribution in [3.63, 3.8) is 0 Å². The average Bonchev–Trinajstić information content (AvgIpc) is 2.54. The molecule has 1 aliphatic heterocycles. The highest BCUT2D eigenvalue weighted by Gasteiger charge is 2.19. The quantitative estimate of drug-likeness (QED) is 0.859. The Kier molecular flexibility index (Phi) is 4.38. The topological polar surface area (TPSA) is 80.4 Å². The maximum absolute atomic E-state index is 12.2. The zero-order valence-corrected chi connectivity index (χ0v) is 14.0. The van der Waals surface area contributed by atoms with Crippen LogP contribution in [0.3, 0.4) is 0 Å². The van der Waals surface area contributed by atoms with Gasteiger partial charge in [0.15, 0.2) is 11.5 Å². The minimum absolute atomic E-state index is 0.246. The number of benzene rings is 1. The van der Waals surface area contributed by atoms with Crippen LogP contribution >= 0.6 is 15.9 Å². The van der Waals surface area contributed by atoms with Gasteiger partial charge in [0.05, 0.1) is 11.6 Å². The first kappa shape index (κ1) is 15.6. The molecule has 1 aromatic heterocycles. The summed E-state index contributed by atoms with van der Waals surface area (Å²) in [7, 11) is 0. The van der Waals surface area contributed by atoms with Gasteiger partial charge in [0.2, 0.25) is 5.56 Å². The number of hydrogen-bond acceptors (Lipinski definition) is 4. The Labute approximate surface area is 140 Å². The fourth-order valence-corrected chi connectivity index (χ4v) is 2.99. The summed E-state index contributed by atoms with van der Waals surface area (Å²) in [6.07, 6.45) is 1.39. The number of rotatable bonds is 3. The molecule has 0 bridgehead atoms. The fraction of sp³-hybridized carbons (Fsp3) is 0.250. The van der Waals surface area contributed by atoms with E-state index in [1.54, 1.807) is 0 Å². The van der Waals surface area contributed by atoms with E-state index in [1.165, 1.54) is 18.3 Å². The van der Waals surface area contributed by atoms with Crippen molar-refractivity contribution < 1.29 is 14.3 Å². The van der Waals surface area contributed by atoms with E-state index >= 15 is 0 Å². The van der Waals surface area contributed by atoms with Gasteiger partial charge in [-0.1, -0.05) is 15.9 Å². The van der Waals surface area contributed by atoms with Crippen molar-refractivity contribution in [3.8, 4) is 11.5 Å². The zero-order valence-electron chi connectivity index (χ0n) is 12.4. The van der Waals surface area contributed by atoms with Gasteiger partial charge in [-0.05, 0) is 30.7 Å². The van der Waals surface area contributed by atoms with E-state index in [1.807, 2.05) is 19.1 Å². The third-order valence-electron chi connectivity index (χ3n) is 3.52. The normalized spacial score (nSPS) is 14.2. The van der Waals surface area contributed by atoms with Gasteiger partial charge < -0.3 is 19.8 Å². The van der Waals surface area contributed by atoms with Crippen LogP contribution in [-0.2, 0) is 0 Å². The summed E-state index contributed by atoms with van der Waals surface area (Å²) in [5, 5.41) is 2.89. The third-order valence-corrected chi connectivity index (χ3v) is 4.21. The summed E-state index contributed by atoms with van der Waals surface area (Å²) in [5.41, 5.74) is 1.03. The highest BCUT2D eigenvalue weighted by Crippen LogP contribution is 2.37. The van der Waals surface area contributed by atoms with E-state index in [0.29, 0.717) is 30.3 Å². The molecule has 2 aromatic rings. The molecule has 2 heterocycles.